The summed E-state index contributed by atoms with van der Waals surface area (Å²) in [5.41, 5.74) is 5.91. The number of hydrogen-bond acceptors (Lipinski definition) is 5. The highest BCUT2D eigenvalue weighted by Crippen LogP contribution is 2.26. The van der Waals surface area contributed by atoms with Crippen molar-refractivity contribution in [1.29, 1.82) is 0 Å². The quantitative estimate of drug-likeness (QED) is 0.733. The number of nitrogens with two attached hydrogens (primary N) is 1. The number of nitrogen functional groups attached to an aromatic ring is 1. The molecule has 7 nitrogen and oxygen atoms in total. The highest BCUT2D eigenvalue weighted by Gasteiger charge is 2.19. The summed E-state index contributed by atoms with van der Waals surface area (Å²) < 4.78 is 26.7. The van der Waals surface area contributed by atoms with Gasteiger partial charge in [0.1, 0.15) is 0 Å². The average Bonchev–Trinajstić information content (AvgIpc) is 2.36. The van der Waals surface area contributed by atoms with E-state index < -0.39 is 15.6 Å². The van der Waals surface area contributed by atoms with Crippen LogP contribution in [-0.4, -0.2) is 18.6 Å². The largest absolute Gasteiger partial charge is 0.398 e. The number of anilines is 2. The molecule has 4 N–H and O–H groups in total. The lowest BCUT2D eigenvalue weighted by molar-refractivity contribution is 0.600. The number of halogens is 1. The summed E-state index contributed by atoms with van der Waals surface area (Å²) in [6.45, 7) is 1.57. The van der Waals surface area contributed by atoms with E-state index in [1.165, 1.54) is 18.2 Å². The molecule has 0 saturated heterocycles. The predicted octanol–water partition coefficient (Wildman–Crippen LogP) is 1.11. The van der Waals surface area contributed by atoms with Crippen molar-refractivity contribution in [1.82, 2.24) is 10.2 Å². The summed E-state index contributed by atoms with van der Waals surface area (Å²) in [5, 5.41) is 5.91. The molecule has 0 unspecified atom stereocenters. The number of rotatable bonds is 3. The van der Waals surface area contributed by atoms with E-state index in [0.29, 0.717) is 5.56 Å². The monoisotopic (exact) mass is 314 g/mol. The molecular weight excluding hydrogens is 304 g/mol. The van der Waals surface area contributed by atoms with Crippen LogP contribution < -0.4 is 16.0 Å². The maximum absolute atomic E-state index is 12.3. The fourth-order valence-corrected chi connectivity index (χ4v) is 3.14. The molecule has 106 valence electrons. The first-order valence-corrected chi connectivity index (χ1v) is 7.30. The second-order valence-corrected chi connectivity index (χ2v) is 6.12. The normalized spacial score (nSPS) is 11.3. The van der Waals surface area contributed by atoms with Gasteiger partial charge < -0.3 is 5.73 Å². The van der Waals surface area contributed by atoms with Crippen LogP contribution in [0.2, 0.25) is 5.02 Å². The molecule has 20 heavy (non-hydrogen) atoms. The van der Waals surface area contributed by atoms with Crippen molar-refractivity contribution >= 4 is 33.1 Å². The number of sulfonamides is 1. The zero-order chi connectivity index (χ0) is 14.9. The molecule has 0 amide bonds. The number of nitrogens with zero attached hydrogens (tertiary/aromatic N) is 1. The van der Waals surface area contributed by atoms with Gasteiger partial charge in [-0.1, -0.05) is 11.6 Å². The van der Waals surface area contributed by atoms with Gasteiger partial charge in [0.25, 0.3) is 15.6 Å². The molecule has 1 aromatic heterocycles. The van der Waals surface area contributed by atoms with Gasteiger partial charge >= 0.3 is 0 Å². The third-order valence-electron chi connectivity index (χ3n) is 2.57. The van der Waals surface area contributed by atoms with Gasteiger partial charge in [-0.15, -0.1) is 0 Å². The third-order valence-corrected chi connectivity index (χ3v) is 4.27. The van der Waals surface area contributed by atoms with Gasteiger partial charge in [-0.05, 0) is 30.7 Å². The van der Waals surface area contributed by atoms with E-state index in [4.69, 9.17) is 17.3 Å². The van der Waals surface area contributed by atoms with E-state index in [-0.39, 0.29) is 21.4 Å². The average molecular weight is 315 g/mol. The minimum Gasteiger partial charge on any atom is -0.398 e. The Morgan fingerprint density at radius 2 is 2.05 bits per heavy atom. The van der Waals surface area contributed by atoms with E-state index in [1.54, 1.807) is 6.92 Å². The molecule has 0 saturated carbocycles. The van der Waals surface area contributed by atoms with E-state index >= 15 is 0 Å². The maximum Gasteiger partial charge on any atom is 0.264 e. The van der Waals surface area contributed by atoms with Gasteiger partial charge in [-0.2, -0.15) is 5.10 Å². The molecule has 9 heteroatoms. The summed E-state index contributed by atoms with van der Waals surface area (Å²) in [4.78, 5) is 10.8. The molecule has 0 spiro atoms. The highest BCUT2D eigenvalue weighted by molar-refractivity contribution is 7.92. The van der Waals surface area contributed by atoms with E-state index in [1.807, 2.05) is 0 Å². The number of aromatic amines is 1. The summed E-state index contributed by atoms with van der Waals surface area (Å²) in [6.07, 6.45) is 0. The molecule has 0 fully saturated rings. The predicted molar refractivity (Wildman–Crippen MR) is 76.3 cm³/mol. The highest BCUT2D eigenvalue weighted by atomic mass is 35.5. The zero-order valence-electron chi connectivity index (χ0n) is 10.3. The standard InChI is InChI=1S/C11H11ClN4O3S/c1-6-8(13)4-7(12)5-9(6)20(18,19)16-10-2-3-11(17)15-14-10/h2-5H,13H2,1H3,(H,14,16)(H,15,17). The topological polar surface area (TPSA) is 118 Å². The molecule has 2 rings (SSSR count). The van der Waals surface area contributed by atoms with Gasteiger partial charge in [0.2, 0.25) is 0 Å². The SMILES string of the molecule is Cc1c(N)cc(Cl)cc1S(=O)(=O)Nc1ccc(=O)[nH]n1. The molecular formula is C11H11ClN4O3S. The molecule has 1 aromatic carbocycles. The smallest absolute Gasteiger partial charge is 0.264 e. The molecule has 2 aromatic rings. The van der Waals surface area contributed by atoms with Crippen LogP contribution in [0, 0.1) is 6.92 Å². The lowest BCUT2D eigenvalue weighted by atomic mass is 10.2. The minimum absolute atomic E-state index is 0.0115. The van der Waals surface area contributed by atoms with Crippen molar-refractivity contribution in [3.8, 4) is 0 Å². The zero-order valence-corrected chi connectivity index (χ0v) is 11.9. The Labute approximate surface area is 119 Å². The third kappa shape index (κ3) is 2.91. The van der Waals surface area contributed by atoms with Crippen LogP contribution >= 0.6 is 11.6 Å². The Bertz CT molecular complexity index is 796. The fraction of sp³-hybridized carbons (Fsp3) is 0.0909. The van der Waals surface area contributed by atoms with Crippen molar-refractivity contribution in [2.24, 2.45) is 0 Å². The van der Waals surface area contributed by atoms with Crippen LogP contribution in [0.5, 0.6) is 0 Å². The first-order valence-electron chi connectivity index (χ1n) is 5.44. The van der Waals surface area contributed by atoms with Gasteiger partial charge in [-0.25, -0.2) is 13.5 Å². The van der Waals surface area contributed by atoms with Crippen LogP contribution in [-0.2, 0) is 10.0 Å². The second kappa shape index (κ2) is 5.14. The minimum atomic E-state index is -3.90. The first kappa shape index (κ1) is 14.4. The number of hydrogen-bond donors (Lipinski definition) is 3. The van der Waals surface area contributed by atoms with Gasteiger partial charge in [-0.3, -0.25) is 9.52 Å². The van der Waals surface area contributed by atoms with Gasteiger partial charge in [0.15, 0.2) is 5.82 Å². The molecule has 0 aliphatic rings. The lowest BCUT2D eigenvalue weighted by Crippen LogP contribution is -2.17. The van der Waals surface area contributed by atoms with Crippen molar-refractivity contribution < 1.29 is 8.42 Å². The van der Waals surface area contributed by atoms with Crippen molar-refractivity contribution in [2.75, 3.05) is 10.5 Å². The molecule has 0 aliphatic heterocycles. The first-order chi connectivity index (χ1) is 9.29. The van der Waals surface area contributed by atoms with Crippen LogP contribution in [0.1, 0.15) is 5.56 Å². The van der Waals surface area contributed by atoms with E-state index in [0.717, 1.165) is 6.07 Å². The lowest BCUT2D eigenvalue weighted by Gasteiger charge is -2.11. The maximum atomic E-state index is 12.3. The molecule has 0 radical (unpaired) electrons. The van der Waals surface area contributed by atoms with E-state index in [2.05, 4.69) is 14.9 Å². The number of aromatic nitrogens is 2. The Morgan fingerprint density at radius 3 is 2.65 bits per heavy atom. The molecule has 0 aliphatic carbocycles. The Balaban J connectivity index is 2.45. The van der Waals surface area contributed by atoms with Crippen molar-refractivity contribution in [3.05, 3.63) is 45.2 Å². The molecule has 0 atom stereocenters. The molecule has 0 bridgehead atoms. The number of H-pyrrole nitrogens is 1. The van der Waals surface area contributed by atoms with Crippen LogP contribution in [0.15, 0.2) is 34.0 Å². The van der Waals surface area contributed by atoms with Crippen LogP contribution in [0.25, 0.3) is 0 Å². The Kier molecular flexibility index (Phi) is 3.69. The fourth-order valence-electron chi connectivity index (χ4n) is 1.55. The molecule has 1 heterocycles. The summed E-state index contributed by atoms with van der Waals surface area (Å²) in [5.74, 6) is -0.0115. The van der Waals surface area contributed by atoms with Crippen LogP contribution in [0.3, 0.4) is 0 Å². The van der Waals surface area contributed by atoms with Crippen LogP contribution in [0.4, 0.5) is 11.5 Å². The number of benzene rings is 1. The summed E-state index contributed by atoms with van der Waals surface area (Å²) >= 11 is 5.82. The van der Waals surface area contributed by atoms with E-state index in [9.17, 15) is 13.2 Å². The van der Waals surface area contributed by atoms with Gasteiger partial charge in [0, 0.05) is 16.8 Å². The summed E-state index contributed by atoms with van der Waals surface area (Å²) in [7, 11) is -3.90. The Morgan fingerprint density at radius 1 is 1.35 bits per heavy atom. The Hall–Kier alpha value is -2.06. The van der Waals surface area contributed by atoms with Gasteiger partial charge in [0.05, 0.1) is 4.90 Å². The van der Waals surface area contributed by atoms with Crippen molar-refractivity contribution in [2.45, 2.75) is 11.8 Å². The summed E-state index contributed by atoms with van der Waals surface area (Å²) in [6, 6.07) is 5.17. The number of nitrogens with one attached hydrogen (secondary N) is 2. The van der Waals surface area contributed by atoms with Crippen molar-refractivity contribution in [3.63, 3.8) is 0 Å². The second-order valence-electron chi connectivity index (χ2n) is 4.03.